The maximum Gasteiger partial charge on any atom is 0.340 e. The van der Waals surface area contributed by atoms with E-state index >= 15 is 0 Å². The van der Waals surface area contributed by atoms with Gasteiger partial charge in [0.15, 0.2) is 0 Å². The van der Waals surface area contributed by atoms with E-state index in [1.54, 1.807) is 18.2 Å². The van der Waals surface area contributed by atoms with Crippen LogP contribution in [0.1, 0.15) is 77.6 Å². The van der Waals surface area contributed by atoms with Gasteiger partial charge in [-0.15, -0.1) is 0 Å². The van der Waals surface area contributed by atoms with Crippen molar-refractivity contribution >= 4 is 33.8 Å². The van der Waals surface area contributed by atoms with E-state index in [2.05, 4.69) is 38.5 Å². The van der Waals surface area contributed by atoms with Crippen molar-refractivity contribution in [2.24, 2.45) is 0 Å². The molecule has 0 spiro atoms. The zero-order valence-electron chi connectivity index (χ0n) is 23.5. The highest BCUT2D eigenvalue weighted by Gasteiger charge is 2.12. The first kappa shape index (κ1) is 32.8. The maximum absolute atomic E-state index is 12.0. The van der Waals surface area contributed by atoms with Crippen molar-refractivity contribution < 1.29 is 27.3 Å². The van der Waals surface area contributed by atoms with Crippen molar-refractivity contribution in [3.63, 3.8) is 0 Å². The number of anilines is 2. The first-order chi connectivity index (χ1) is 19.3. The van der Waals surface area contributed by atoms with Gasteiger partial charge in [0.1, 0.15) is 0 Å². The summed E-state index contributed by atoms with van der Waals surface area (Å²) in [5, 5.41) is 8.94. The number of unbranched alkanes of at least 4 members (excludes halogenated alkanes) is 9. The summed E-state index contributed by atoms with van der Waals surface area (Å²) in [6, 6.07) is 5.00. The smallest absolute Gasteiger partial charge is 0.340 e. The molecule has 0 unspecified atom stereocenters. The summed E-state index contributed by atoms with van der Waals surface area (Å²) in [5.74, 6) is 0.191. The van der Waals surface area contributed by atoms with Crippen molar-refractivity contribution in [1.82, 2.24) is 25.6 Å². The van der Waals surface area contributed by atoms with Gasteiger partial charge in [0, 0.05) is 31.0 Å². The lowest BCUT2D eigenvalue weighted by atomic mass is 10.1. The third-order valence-corrected chi connectivity index (χ3v) is 6.32. The Labute approximate surface area is 236 Å². The fourth-order valence-corrected chi connectivity index (χ4v) is 4.16. The minimum absolute atomic E-state index is 0.0434. The number of aromatic nitrogens is 2. The number of benzene rings is 1. The second-order valence-corrected chi connectivity index (χ2v) is 11.2. The van der Waals surface area contributed by atoms with Gasteiger partial charge in [-0.25, -0.2) is 33.6 Å². The predicted molar refractivity (Wildman–Crippen MR) is 154 cm³/mol. The van der Waals surface area contributed by atoms with Gasteiger partial charge in [-0.3, -0.25) is 0 Å². The lowest BCUT2D eigenvalue weighted by molar-refractivity contribution is 0.127. The molecule has 0 saturated heterocycles. The van der Waals surface area contributed by atoms with Crippen LogP contribution in [-0.4, -0.2) is 56.6 Å². The molecule has 0 saturated carbocycles. The molecule has 0 aliphatic heterocycles. The van der Waals surface area contributed by atoms with E-state index in [-0.39, 0.29) is 11.8 Å². The minimum Gasteiger partial charge on any atom is -0.381 e. The predicted octanol–water partition coefficient (Wildman–Crippen LogP) is 4.77. The van der Waals surface area contributed by atoms with Crippen LogP contribution in [0.3, 0.4) is 0 Å². The maximum atomic E-state index is 12.0. The Kier molecular flexibility index (Phi) is 15.4. The van der Waals surface area contributed by atoms with Crippen molar-refractivity contribution in [3.8, 4) is 11.4 Å². The number of rotatable bonds is 20. The van der Waals surface area contributed by atoms with Crippen molar-refractivity contribution in [1.29, 1.82) is 0 Å². The molecule has 1 aromatic heterocycles. The van der Waals surface area contributed by atoms with Crippen LogP contribution in [-0.2, 0) is 14.8 Å². The number of sulfonamides is 1. The number of amides is 4. The summed E-state index contributed by atoms with van der Waals surface area (Å²) in [4.78, 5) is 27.8. The average Bonchev–Trinajstić information content (AvgIpc) is 3.38. The summed E-state index contributed by atoms with van der Waals surface area (Å²) in [6.07, 6.45) is 14.5. The number of carbonyl (C=O) groups is 2. The minimum atomic E-state index is -3.69. The van der Waals surface area contributed by atoms with Gasteiger partial charge in [0.2, 0.25) is 15.8 Å². The van der Waals surface area contributed by atoms with Gasteiger partial charge in [0.25, 0.3) is 0 Å². The van der Waals surface area contributed by atoms with Crippen LogP contribution < -0.4 is 26.2 Å². The monoisotopic (exact) mass is 581 g/mol. The van der Waals surface area contributed by atoms with E-state index in [1.807, 2.05) is 4.72 Å². The van der Waals surface area contributed by atoms with Crippen LogP contribution in [0.15, 0.2) is 28.8 Å². The Morgan fingerprint density at radius 3 is 2.30 bits per heavy atom. The fourth-order valence-electron chi connectivity index (χ4n) is 3.78. The van der Waals surface area contributed by atoms with Crippen LogP contribution in [0.5, 0.6) is 0 Å². The number of nitrogens with zero attached hydrogens (tertiary/aromatic N) is 2. The largest absolute Gasteiger partial charge is 0.381 e. The molecule has 13 nitrogen and oxygen atoms in total. The van der Waals surface area contributed by atoms with Crippen molar-refractivity contribution in [3.05, 3.63) is 24.3 Å². The molecule has 224 valence electrons. The van der Waals surface area contributed by atoms with E-state index in [9.17, 15) is 18.0 Å². The molecule has 4 amide bonds. The van der Waals surface area contributed by atoms with Crippen LogP contribution in [0.25, 0.3) is 11.4 Å². The van der Waals surface area contributed by atoms with Gasteiger partial charge in [0.05, 0.1) is 6.26 Å². The van der Waals surface area contributed by atoms with Crippen LogP contribution in [0, 0.1) is 0 Å². The molecule has 2 rings (SSSR count). The standard InChI is InChI=1S/C26H43N7O6S/c1-3-4-5-6-7-8-9-10-11-12-18-38-19-14-17-27-24(34)30-31-26-29-23(32-39-26)21-15-13-16-22(20-21)28-25(35)33-40(2,36)37/h13,15-16,20H,3-12,14,17-19H2,1-2H3,(H2,27,30,34)(H2,28,33,35)(H,29,31,32). The molecule has 2 aromatic rings. The van der Waals surface area contributed by atoms with Gasteiger partial charge in [-0.1, -0.05) is 82.0 Å². The highest BCUT2D eigenvalue weighted by Crippen LogP contribution is 2.21. The van der Waals surface area contributed by atoms with E-state index in [1.165, 1.54) is 63.9 Å². The molecular weight excluding hydrogens is 538 g/mol. The highest BCUT2D eigenvalue weighted by atomic mass is 32.2. The molecule has 0 aliphatic carbocycles. The van der Waals surface area contributed by atoms with Crippen LogP contribution >= 0.6 is 0 Å². The summed E-state index contributed by atoms with van der Waals surface area (Å²) >= 11 is 0. The zero-order valence-corrected chi connectivity index (χ0v) is 24.3. The van der Waals surface area contributed by atoms with E-state index in [0.29, 0.717) is 30.8 Å². The summed E-state index contributed by atoms with van der Waals surface area (Å²) < 4.78 is 34.8. The van der Waals surface area contributed by atoms with Gasteiger partial charge in [-0.2, -0.15) is 4.98 Å². The van der Waals surface area contributed by atoms with E-state index in [4.69, 9.17) is 9.26 Å². The first-order valence-electron chi connectivity index (χ1n) is 13.9. The van der Waals surface area contributed by atoms with E-state index < -0.39 is 22.1 Å². The van der Waals surface area contributed by atoms with E-state index in [0.717, 1.165) is 19.3 Å². The average molecular weight is 582 g/mol. The van der Waals surface area contributed by atoms with Crippen molar-refractivity contribution in [2.75, 3.05) is 36.8 Å². The number of nitrogens with one attached hydrogen (secondary N) is 5. The highest BCUT2D eigenvalue weighted by molar-refractivity contribution is 7.89. The fraction of sp³-hybridized carbons (Fsp3) is 0.615. The molecule has 0 bridgehead atoms. The normalized spacial score (nSPS) is 11.2. The lowest BCUT2D eigenvalue weighted by Gasteiger charge is -2.08. The Bertz CT molecular complexity index is 1130. The number of carbonyl (C=O) groups excluding carboxylic acids is 2. The molecule has 14 heteroatoms. The Hall–Kier alpha value is -3.39. The van der Waals surface area contributed by atoms with Crippen LogP contribution in [0.4, 0.5) is 21.3 Å². The summed E-state index contributed by atoms with van der Waals surface area (Å²) in [5.41, 5.74) is 5.76. The molecular formula is C26H43N7O6S. The Morgan fingerprint density at radius 1 is 0.925 bits per heavy atom. The number of ether oxygens (including phenoxy) is 1. The Morgan fingerprint density at radius 2 is 1.60 bits per heavy atom. The number of hydrazine groups is 1. The molecule has 1 heterocycles. The van der Waals surface area contributed by atoms with Crippen LogP contribution in [0.2, 0.25) is 0 Å². The number of hydrogen-bond acceptors (Lipinski definition) is 9. The molecule has 0 atom stereocenters. The van der Waals surface area contributed by atoms with Crippen molar-refractivity contribution in [2.45, 2.75) is 77.6 Å². The molecule has 1 aromatic carbocycles. The number of hydrogen-bond donors (Lipinski definition) is 5. The zero-order chi connectivity index (χ0) is 29.1. The molecule has 40 heavy (non-hydrogen) atoms. The molecule has 0 radical (unpaired) electrons. The summed E-state index contributed by atoms with van der Waals surface area (Å²) in [7, 11) is -3.69. The SMILES string of the molecule is CCCCCCCCCCCCOCCCNC(=O)NNc1nc(-c2cccc(NC(=O)NS(C)(=O)=O)c2)no1. The third kappa shape index (κ3) is 15.3. The Balaban J connectivity index is 1.53. The molecule has 0 fully saturated rings. The second-order valence-electron chi connectivity index (χ2n) is 9.49. The van der Waals surface area contributed by atoms with Gasteiger partial charge >= 0.3 is 18.1 Å². The first-order valence-corrected chi connectivity index (χ1v) is 15.8. The summed E-state index contributed by atoms with van der Waals surface area (Å²) in [6.45, 7) is 4.03. The number of urea groups is 2. The molecule has 5 N–H and O–H groups in total. The third-order valence-electron chi connectivity index (χ3n) is 5.76. The van der Waals surface area contributed by atoms with Gasteiger partial charge < -0.3 is 19.9 Å². The lowest BCUT2D eigenvalue weighted by Crippen LogP contribution is -2.39. The second kappa shape index (κ2) is 18.8. The topological polar surface area (TPSA) is 177 Å². The quantitative estimate of drug-likeness (QED) is 0.109. The molecule has 0 aliphatic rings. The van der Waals surface area contributed by atoms with Gasteiger partial charge in [-0.05, 0) is 25.0 Å².